The maximum absolute atomic E-state index is 6.36. The molecular formula is C17H14Cl2OS. The quantitative estimate of drug-likeness (QED) is 0.623. The predicted molar refractivity (Wildman–Crippen MR) is 89.1 cm³/mol. The molecule has 1 atom stereocenters. The minimum absolute atomic E-state index is 0.00995. The van der Waals surface area contributed by atoms with Gasteiger partial charge in [-0.25, -0.2) is 0 Å². The summed E-state index contributed by atoms with van der Waals surface area (Å²) in [7, 11) is 0. The molecule has 2 aromatic rings. The molecule has 0 saturated heterocycles. The van der Waals surface area contributed by atoms with E-state index in [1.165, 1.54) is 10.5 Å². The molecule has 0 radical (unpaired) electrons. The third kappa shape index (κ3) is 2.08. The van der Waals surface area contributed by atoms with Gasteiger partial charge < -0.3 is 4.74 Å². The Bertz CT molecular complexity index is 712. The molecule has 0 aliphatic carbocycles. The van der Waals surface area contributed by atoms with Crippen LogP contribution in [0, 0.1) is 0 Å². The maximum atomic E-state index is 6.36. The van der Waals surface area contributed by atoms with Crippen molar-refractivity contribution in [2.75, 3.05) is 12.4 Å². The second-order valence-corrected chi connectivity index (χ2v) is 7.52. The van der Waals surface area contributed by atoms with Crippen molar-refractivity contribution in [2.45, 2.75) is 23.2 Å². The zero-order valence-electron chi connectivity index (χ0n) is 11.4. The molecule has 2 aliphatic heterocycles. The van der Waals surface area contributed by atoms with Crippen LogP contribution in [-0.2, 0) is 5.41 Å². The van der Waals surface area contributed by atoms with E-state index in [-0.39, 0.29) is 5.41 Å². The molecule has 0 saturated carbocycles. The van der Waals surface area contributed by atoms with Crippen molar-refractivity contribution in [3.05, 3.63) is 57.6 Å². The normalized spacial score (nSPS) is 23.3. The average molecular weight is 337 g/mol. The van der Waals surface area contributed by atoms with Crippen molar-refractivity contribution in [2.24, 2.45) is 0 Å². The van der Waals surface area contributed by atoms with E-state index in [9.17, 15) is 0 Å². The van der Waals surface area contributed by atoms with E-state index in [1.807, 2.05) is 17.8 Å². The monoisotopic (exact) mass is 336 g/mol. The topological polar surface area (TPSA) is 9.23 Å². The highest BCUT2D eigenvalue weighted by Gasteiger charge is 2.43. The summed E-state index contributed by atoms with van der Waals surface area (Å²) in [6.45, 7) is 0.702. The van der Waals surface area contributed by atoms with Gasteiger partial charge in [0.1, 0.15) is 5.75 Å². The second-order valence-electron chi connectivity index (χ2n) is 5.54. The van der Waals surface area contributed by atoms with Gasteiger partial charge in [0, 0.05) is 20.9 Å². The minimum Gasteiger partial charge on any atom is -0.492 e. The zero-order valence-corrected chi connectivity index (χ0v) is 13.7. The summed E-state index contributed by atoms with van der Waals surface area (Å²) in [4.78, 5) is 1.37. The largest absolute Gasteiger partial charge is 0.492 e. The maximum Gasteiger partial charge on any atom is 0.142 e. The highest BCUT2D eigenvalue weighted by Crippen LogP contribution is 2.54. The van der Waals surface area contributed by atoms with E-state index in [4.69, 9.17) is 27.9 Å². The molecule has 21 heavy (non-hydrogen) atoms. The lowest BCUT2D eigenvalue weighted by Gasteiger charge is -2.43. The number of rotatable bonds is 0. The van der Waals surface area contributed by atoms with Gasteiger partial charge in [0.15, 0.2) is 0 Å². The Hall–Kier alpha value is -0.830. The van der Waals surface area contributed by atoms with Crippen molar-refractivity contribution in [3.8, 4) is 5.75 Å². The smallest absolute Gasteiger partial charge is 0.142 e. The summed E-state index contributed by atoms with van der Waals surface area (Å²) < 4.78 is 5.85. The van der Waals surface area contributed by atoms with E-state index >= 15 is 0 Å². The van der Waals surface area contributed by atoms with Gasteiger partial charge in [-0.1, -0.05) is 41.4 Å². The number of thioether (sulfide) groups is 1. The molecule has 2 aromatic carbocycles. The fourth-order valence-corrected chi connectivity index (χ4v) is 5.33. The summed E-state index contributed by atoms with van der Waals surface area (Å²) in [5.41, 5.74) is 2.53. The molecule has 0 fully saturated rings. The van der Waals surface area contributed by atoms with Gasteiger partial charge in [0.05, 0.1) is 11.6 Å². The molecule has 4 rings (SSSR count). The summed E-state index contributed by atoms with van der Waals surface area (Å²) in [5, 5.41) is 1.30. The first-order valence-electron chi connectivity index (χ1n) is 7.05. The fourth-order valence-electron chi connectivity index (χ4n) is 3.52. The first kappa shape index (κ1) is 13.8. The van der Waals surface area contributed by atoms with Gasteiger partial charge in [0.2, 0.25) is 0 Å². The first-order chi connectivity index (χ1) is 10.2. The number of hydrogen-bond acceptors (Lipinski definition) is 2. The number of ether oxygens (including phenoxy) is 1. The van der Waals surface area contributed by atoms with E-state index in [0.29, 0.717) is 16.7 Å². The predicted octanol–water partition coefficient (Wildman–Crippen LogP) is 5.56. The lowest BCUT2D eigenvalue weighted by atomic mass is 9.68. The Morgan fingerprint density at radius 1 is 1.05 bits per heavy atom. The van der Waals surface area contributed by atoms with Crippen molar-refractivity contribution in [1.82, 2.24) is 0 Å². The molecule has 1 nitrogen and oxygen atoms in total. The average Bonchev–Trinajstić information content (AvgIpc) is 2.49. The fraction of sp³-hybridized carbons (Fsp3) is 0.294. The van der Waals surface area contributed by atoms with Crippen molar-refractivity contribution < 1.29 is 4.74 Å². The molecule has 2 aliphatic rings. The van der Waals surface area contributed by atoms with E-state index in [1.54, 1.807) is 6.07 Å². The highest BCUT2D eigenvalue weighted by atomic mass is 35.5. The third-order valence-electron chi connectivity index (χ3n) is 4.49. The van der Waals surface area contributed by atoms with Crippen LogP contribution in [0.2, 0.25) is 10.0 Å². The summed E-state index contributed by atoms with van der Waals surface area (Å²) in [5.74, 6) is 1.93. The number of hydrogen-bond donors (Lipinski definition) is 0. The number of halogens is 2. The Morgan fingerprint density at radius 3 is 2.81 bits per heavy atom. The summed E-state index contributed by atoms with van der Waals surface area (Å²) >= 11 is 14.6. The zero-order chi connectivity index (χ0) is 14.4. The highest BCUT2D eigenvalue weighted by molar-refractivity contribution is 7.99. The lowest BCUT2D eigenvalue weighted by molar-refractivity contribution is 0.229. The van der Waals surface area contributed by atoms with Crippen LogP contribution in [0.4, 0.5) is 0 Å². The molecule has 1 spiro atoms. The molecular weight excluding hydrogens is 323 g/mol. The van der Waals surface area contributed by atoms with E-state index in [0.717, 1.165) is 29.9 Å². The summed E-state index contributed by atoms with van der Waals surface area (Å²) in [6.07, 6.45) is 2.08. The van der Waals surface area contributed by atoms with Crippen molar-refractivity contribution in [1.29, 1.82) is 0 Å². The van der Waals surface area contributed by atoms with Crippen LogP contribution < -0.4 is 4.74 Å². The molecule has 0 aromatic heterocycles. The minimum atomic E-state index is -0.00995. The van der Waals surface area contributed by atoms with Gasteiger partial charge >= 0.3 is 0 Å². The van der Waals surface area contributed by atoms with Crippen LogP contribution in [-0.4, -0.2) is 12.4 Å². The Balaban J connectivity index is 2.00. The van der Waals surface area contributed by atoms with Crippen LogP contribution in [0.1, 0.15) is 24.0 Å². The Labute approximate surface area is 138 Å². The van der Waals surface area contributed by atoms with Gasteiger partial charge in [-0.3, -0.25) is 0 Å². The van der Waals surface area contributed by atoms with E-state index in [2.05, 4.69) is 24.3 Å². The first-order valence-corrected chi connectivity index (χ1v) is 8.79. The molecule has 0 bridgehead atoms. The van der Waals surface area contributed by atoms with Crippen LogP contribution in [0.15, 0.2) is 41.3 Å². The van der Waals surface area contributed by atoms with Crippen LogP contribution in [0.3, 0.4) is 0 Å². The lowest BCUT2D eigenvalue weighted by Crippen LogP contribution is -2.37. The number of benzene rings is 2. The molecule has 0 N–H and O–H groups in total. The van der Waals surface area contributed by atoms with Gasteiger partial charge in [-0.05, 0) is 42.4 Å². The van der Waals surface area contributed by atoms with Crippen molar-refractivity contribution in [3.63, 3.8) is 0 Å². The SMILES string of the molecule is Clc1cc(Cl)c2c(c1)C1(CCO2)CCSc2ccccc21. The standard InChI is InChI=1S/C17H14Cl2OS/c18-11-9-13-16(14(19)10-11)20-7-5-17(13)6-8-21-15-4-2-1-3-12(15)17/h1-4,9-10H,5-8H2. The molecule has 4 heteroatoms. The van der Waals surface area contributed by atoms with Crippen LogP contribution in [0.5, 0.6) is 5.75 Å². The van der Waals surface area contributed by atoms with Gasteiger partial charge in [0.25, 0.3) is 0 Å². The molecule has 0 amide bonds. The van der Waals surface area contributed by atoms with E-state index < -0.39 is 0 Å². The number of fused-ring (bicyclic) bond motifs is 4. The Kier molecular flexibility index (Phi) is 3.36. The summed E-state index contributed by atoms with van der Waals surface area (Å²) in [6, 6.07) is 12.5. The Morgan fingerprint density at radius 2 is 1.90 bits per heavy atom. The second kappa shape index (κ2) is 5.12. The molecule has 1 unspecified atom stereocenters. The third-order valence-corrected chi connectivity index (χ3v) is 6.06. The molecule has 108 valence electrons. The van der Waals surface area contributed by atoms with Gasteiger partial charge in [-0.15, -0.1) is 11.8 Å². The van der Waals surface area contributed by atoms with Crippen molar-refractivity contribution >= 4 is 35.0 Å². The van der Waals surface area contributed by atoms with Gasteiger partial charge in [-0.2, -0.15) is 0 Å². The van der Waals surface area contributed by atoms with Crippen LogP contribution in [0.25, 0.3) is 0 Å². The molecule has 2 heterocycles. The van der Waals surface area contributed by atoms with Crippen LogP contribution >= 0.6 is 35.0 Å².